The molecule has 2 heterocycles. The van der Waals surface area contributed by atoms with Crippen LogP contribution in [-0.2, 0) is 0 Å². The van der Waals surface area contributed by atoms with Gasteiger partial charge in [-0.2, -0.15) is 5.10 Å². The summed E-state index contributed by atoms with van der Waals surface area (Å²) in [4.78, 5) is 18.5. The van der Waals surface area contributed by atoms with Gasteiger partial charge in [0, 0.05) is 14.5 Å². The second kappa shape index (κ2) is 7.66. The Bertz CT molecular complexity index is 1410. The van der Waals surface area contributed by atoms with E-state index in [1.165, 1.54) is 0 Å². The lowest BCUT2D eigenvalue weighted by atomic mass is 10.2. The van der Waals surface area contributed by atoms with Crippen molar-refractivity contribution < 1.29 is 0 Å². The van der Waals surface area contributed by atoms with E-state index < -0.39 is 0 Å². The third-order valence-electron chi connectivity index (χ3n) is 4.79. The minimum Gasteiger partial charge on any atom is -0.268 e. The maximum atomic E-state index is 13.6. The van der Waals surface area contributed by atoms with Crippen LogP contribution in [0.25, 0.3) is 33.8 Å². The first-order chi connectivity index (χ1) is 14.6. The summed E-state index contributed by atoms with van der Waals surface area (Å²) in [5.74, 6) is 0.556. The van der Waals surface area contributed by atoms with Gasteiger partial charge in [0.15, 0.2) is 5.65 Å². The van der Waals surface area contributed by atoms with Crippen LogP contribution in [0, 0.1) is 0 Å². The molecular formula is C23H14Br2N4O. The van der Waals surface area contributed by atoms with Gasteiger partial charge in [0.2, 0.25) is 0 Å². The van der Waals surface area contributed by atoms with Gasteiger partial charge in [-0.3, -0.25) is 9.36 Å². The van der Waals surface area contributed by atoms with Crippen LogP contribution >= 0.6 is 31.9 Å². The molecule has 5 rings (SSSR count). The highest BCUT2D eigenvalue weighted by Crippen LogP contribution is 2.25. The summed E-state index contributed by atoms with van der Waals surface area (Å²) in [6, 6.07) is 25.0. The highest BCUT2D eigenvalue weighted by Gasteiger charge is 2.18. The lowest BCUT2D eigenvalue weighted by Gasteiger charge is -2.13. The van der Waals surface area contributed by atoms with Crippen molar-refractivity contribution in [1.29, 1.82) is 0 Å². The molecule has 0 aliphatic carbocycles. The number of para-hydroxylation sites is 1. The second-order valence-electron chi connectivity index (χ2n) is 6.69. The lowest BCUT2D eigenvalue weighted by Crippen LogP contribution is -2.22. The second-order valence-corrected chi connectivity index (χ2v) is 8.52. The molecule has 0 fully saturated rings. The number of rotatable bonds is 3. The fourth-order valence-corrected chi connectivity index (χ4v) is 3.88. The number of nitrogens with zero attached hydrogens (tertiary/aromatic N) is 4. The van der Waals surface area contributed by atoms with Crippen LogP contribution in [-0.4, -0.2) is 19.3 Å². The number of benzene rings is 3. The Morgan fingerprint density at radius 2 is 1.37 bits per heavy atom. The van der Waals surface area contributed by atoms with E-state index in [0.29, 0.717) is 16.9 Å². The molecule has 0 aliphatic heterocycles. The minimum atomic E-state index is -0.164. The van der Waals surface area contributed by atoms with Crippen LogP contribution < -0.4 is 5.56 Å². The van der Waals surface area contributed by atoms with Gasteiger partial charge in [-0.15, -0.1) is 0 Å². The molecule has 0 bridgehead atoms. The fourth-order valence-electron chi connectivity index (χ4n) is 3.35. The largest absolute Gasteiger partial charge is 0.269 e. The maximum Gasteiger partial charge on any atom is 0.269 e. The molecule has 0 amide bonds. The Hall–Kier alpha value is -3.03. The van der Waals surface area contributed by atoms with Crippen molar-refractivity contribution >= 4 is 42.9 Å². The lowest BCUT2D eigenvalue weighted by molar-refractivity contribution is 0.888. The number of fused-ring (bicyclic) bond motifs is 1. The van der Waals surface area contributed by atoms with Gasteiger partial charge < -0.3 is 0 Å². The molecule has 0 spiro atoms. The van der Waals surface area contributed by atoms with Crippen LogP contribution in [0.3, 0.4) is 0 Å². The number of hydrogen-bond acceptors (Lipinski definition) is 3. The Balaban J connectivity index is 1.85. The maximum absolute atomic E-state index is 13.6. The van der Waals surface area contributed by atoms with E-state index in [9.17, 15) is 4.79 Å². The Morgan fingerprint density at radius 1 is 0.733 bits per heavy atom. The van der Waals surface area contributed by atoms with E-state index in [1.54, 1.807) is 15.4 Å². The zero-order chi connectivity index (χ0) is 20.7. The molecule has 3 aromatic carbocycles. The zero-order valence-electron chi connectivity index (χ0n) is 15.5. The van der Waals surface area contributed by atoms with Crippen molar-refractivity contribution in [3.05, 3.63) is 104 Å². The summed E-state index contributed by atoms with van der Waals surface area (Å²) >= 11 is 6.93. The normalized spacial score (nSPS) is 11.1. The average molecular weight is 522 g/mol. The van der Waals surface area contributed by atoms with Gasteiger partial charge in [0.25, 0.3) is 5.56 Å². The average Bonchev–Trinajstić information content (AvgIpc) is 3.20. The molecule has 0 N–H and O–H groups in total. The van der Waals surface area contributed by atoms with E-state index >= 15 is 0 Å². The van der Waals surface area contributed by atoms with Crippen LogP contribution in [0.4, 0.5) is 0 Å². The van der Waals surface area contributed by atoms with Crippen LogP contribution in [0.2, 0.25) is 0 Å². The molecule has 0 unspecified atom stereocenters. The minimum absolute atomic E-state index is 0.164. The van der Waals surface area contributed by atoms with Crippen molar-refractivity contribution in [2.24, 2.45) is 0 Å². The van der Waals surface area contributed by atoms with Crippen molar-refractivity contribution in [2.45, 2.75) is 0 Å². The summed E-state index contributed by atoms with van der Waals surface area (Å²) in [6.45, 7) is 0. The molecule has 5 nitrogen and oxygen atoms in total. The van der Waals surface area contributed by atoms with Crippen LogP contribution in [0.1, 0.15) is 0 Å². The first kappa shape index (κ1) is 19.0. The van der Waals surface area contributed by atoms with Gasteiger partial charge >= 0.3 is 0 Å². The highest BCUT2D eigenvalue weighted by molar-refractivity contribution is 9.10. The first-order valence-corrected chi connectivity index (χ1v) is 10.8. The predicted octanol–water partition coefficient (Wildman–Crippen LogP) is 5.76. The van der Waals surface area contributed by atoms with Gasteiger partial charge in [-0.25, -0.2) is 9.67 Å². The van der Waals surface area contributed by atoms with Gasteiger partial charge in [0.05, 0.1) is 17.6 Å². The molecular weight excluding hydrogens is 508 g/mol. The Kier molecular flexibility index (Phi) is 4.84. The van der Waals surface area contributed by atoms with Crippen molar-refractivity contribution in [2.75, 3.05) is 0 Å². The molecule has 5 aromatic rings. The molecule has 0 saturated heterocycles. The van der Waals surface area contributed by atoms with Crippen molar-refractivity contribution in [1.82, 2.24) is 19.3 Å². The zero-order valence-corrected chi connectivity index (χ0v) is 18.7. The van der Waals surface area contributed by atoms with E-state index in [1.807, 2.05) is 78.9 Å². The molecule has 0 radical (unpaired) electrons. The van der Waals surface area contributed by atoms with Gasteiger partial charge in [0.1, 0.15) is 11.2 Å². The highest BCUT2D eigenvalue weighted by atomic mass is 79.9. The standard InChI is InChI=1S/C23H14Br2N4O/c24-16-8-6-15(7-9-16)21-27-22-20(14-26-29(22)19-4-2-1-3-5-19)23(30)28(21)18-12-10-17(25)11-13-18/h1-14H. The fraction of sp³-hybridized carbons (Fsp3) is 0. The molecule has 7 heteroatoms. The van der Waals surface area contributed by atoms with Crippen molar-refractivity contribution in [3.8, 4) is 22.8 Å². The topological polar surface area (TPSA) is 52.7 Å². The smallest absolute Gasteiger partial charge is 0.268 e. The molecule has 2 aromatic heterocycles. The summed E-state index contributed by atoms with van der Waals surface area (Å²) in [5.41, 5.74) is 2.78. The predicted molar refractivity (Wildman–Crippen MR) is 125 cm³/mol. The Labute approximate surface area is 188 Å². The quantitative estimate of drug-likeness (QED) is 0.303. The van der Waals surface area contributed by atoms with E-state index in [0.717, 1.165) is 25.9 Å². The van der Waals surface area contributed by atoms with E-state index in [4.69, 9.17) is 4.98 Å². The molecule has 30 heavy (non-hydrogen) atoms. The summed E-state index contributed by atoms with van der Waals surface area (Å²) in [6.07, 6.45) is 1.58. The molecule has 0 atom stereocenters. The molecule has 0 aliphatic rings. The van der Waals surface area contributed by atoms with Crippen molar-refractivity contribution in [3.63, 3.8) is 0 Å². The number of aromatic nitrogens is 4. The van der Waals surface area contributed by atoms with Gasteiger partial charge in [-0.05, 0) is 48.5 Å². The Morgan fingerprint density at radius 3 is 2.03 bits per heavy atom. The van der Waals surface area contributed by atoms with Crippen LogP contribution in [0.15, 0.2) is 98.8 Å². The van der Waals surface area contributed by atoms with Gasteiger partial charge in [-0.1, -0.05) is 62.2 Å². The molecule has 146 valence electrons. The monoisotopic (exact) mass is 520 g/mol. The first-order valence-electron chi connectivity index (χ1n) is 9.20. The summed E-state index contributed by atoms with van der Waals surface area (Å²) < 4.78 is 5.23. The van der Waals surface area contributed by atoms with E-state index in [-0.39, 0.29) is 5.56 Å². The van der Waals surface area contributed by atoms with E-state index in [2.05, 4.69) is 37.0 Å². The third-order valence-corrected chi connectivity index (χ3v) is 5.85. The van der Waals surface area contributed by atoms with Crippen LogP contribution in [0.5, 0.6) is 0 Å². The number of hydrogen-bond donors (Lipinski definition) is 0. The third kappa shape index (κ3) is 3.30. The molecule has 0 saturated carbocycles. The number of halogens is 2. The summed E-state index contributed by atoms with van der Waals surface area (Å²) in [7, 11) is 0. The summed E-state index contributed by atoms with van der Waals surface area (Å²) in [5, 5.41) is 4.91. The SMILES string of the molecule is O=c1c2cnn(-c3ccccc3)c2nc(-c2ccc(Br)cc2)n1-c1ccc(Br)cc1.